The molecule has 1 heteroatoms. The van der Waals surface area contributed by atoms with E-state index < -0.39 is 0 Å². The van der Waals surface area contributed by atoms with Crippen molar-refractivity contribution in [2.24, 2.45) is 0 Å². The molecule has 1 aromatic heterocycles. The molecule has 0 aliphatic rings. The molecule has 5 aromatic carbocycles. The van der Waals surface area contributed by atoms with Gasteiger partial charge in [-0.15, -0.1) is 0 Å². The molecule has 0 saturated heterocycles. The van der Waals surface area contributed by atoms with Gasteiger partial charge in [-0.05, 0) is 94.4 Å². The maximum Gasteiger partial charge on any atom is 0.0780 e. The van der Waals surface area contributed by atoms with Crippen LogP contribution in [0.1, 0.15) is 41.7 Å². The minimum Gasteiger partial charge on any atom is -0.256 e. The highest BCUT2D eigenvalue weighted by molar-refractivity contribution is 5.95. The first-order valence-electron chi connectivity index (χ1n) is 14.1. The van der Waals surface area contributed by atoms with E-state index in [9.17, 15) is 0 Å². The molecule has 0 N–H and O–H groups in total. The van der Waals surface area contributed by atoms with Crippen molar-refractivity contribution in [1.82, 2.24) is 4.98 Å². The molecule has 0 unspecified atom stereocenters. The lowest BCUT2D eigenvalue weighted by atomic mass is 9.73. The molecule has 6 aromatic rings. The Labute approximate surface area is 238 Å². The van der Waals surface area contributed by atoms with Gasteiger partial charge in [0.15, 0.2) is 0 Å². The van der Waals surface area contributed by atoms with Crippen LogP contribution in [0.2, 0.25) is 0 Å². The summed E-state index contributed by atoms with van der Waals surface area (Å²) in [7, 11) is 0. The van der Waals surface area contributed by atoms with E-state index in [4.69, 9.17) is 4.98 Å². The number of aryl methyl sites for hydroxylation is 2. The first kappa shape index (κ1) is 25.8. The number of pyridine rings is 1. The fourth-order valence-corrected chi connectivity index (χ4v) is 6.31. The summed E-state index contributed by atoms with van der Waals surface area (Å²) in [5.41, 5.74) is 13.7. The van der Waals surface area contributed by atoms with Gasteiger partial charge in [0.2, 0.25) is 0 Å². The number of aromatic nitrogens is 1. The molecule has 1 heterocycles. The number of benzene rings is 5. The maximum atomic E-state index is 4.77. The van der Waals surface area contributed by atoms with Gasteiger partial charge in [0.1, 0.15) is 0 Å². The summed E-state index contributed by atoms with van der Waals surface area (Å²) in [4.78, 5) is 4.77. The molecule has 0 spiro atoms. The molecular formula is C39H35N. The number of hydrogen-bond acceptors (Lipinski definition) is 1. The van der Waals surface area contributed by atoms with Crippen molar-refractivity contribution in [3.63, 3.8) is 0 Å². The summed E-state index contributed by atoms with van der Waals surface area (Å²) in [6.07, 6.45) is 1.91. The van der Waals surface area contributed by atoms with Crippen LogP contribution in [-0.4, -0.2) is 4.98 Å². The van der Waals surface area contributed by atoms with Gasteiger partial charge in [-0.25, -0.2) is 0 Å². The zero-order chi connectivity index (χ0) is 27.9. The van der Waals surface area contributed by atoms with Crippen molar-refractivity contribution in [2.45, 2.75) is 40.0 Å². The molecule has 0 amide bonds. The zero-order valence-corrected chi connectivity index (χ0v) is 24.0. The van der Waals surface area contributed by atoms with Crippen LogP contribution in [0.25, 0.3) is 44.3 Å². The summed E-state index contributed by atoms with van der Waals surface area (Å²) in [5, 5.41) is 2.38. The SMILES string of the molecule is Cc1ccc(-c2cccc(-c3nccc4ccccc34)c2)cc1-c1cccc(C(C)(C)c2ccccc2C)c1C. The van der Waals surface area contributed by atoms with E-state index in [2.05, 4.69) is 150 Å². The van der Waals surface area contributed by atoms with E-state index in [0.717, 1.165) is 11.3 Å². The van der Waals surface area contributed by atoms with Gasteiger partial charge in [0.05, 0.1) is 5.69 Å². The number of nitrogens with zero attached hydrogens (tertiary/aromatic N) is 1. The third kappa shape index (κ3) is 4.52. The van der Waals surface area contributed by atoms with Crippen LogP contribution in [0, 0.1) is 20.8 Å². The molecule has 196 valence electrons. The van der Waals surface area contributed by atoms with Crippen LogP contribution >= 0.6 is 0 Å². The van der Waals surface area contributed by atoms with Gasteiger partial charge < -0.3 is 0 Å². The van der Waals surface area contributed by atoms with Crippen molar-refractivity contribution in [3.8, 4) is 33.5 Å². The van der Waals surface area contributed by atoms with Gasteiger partial charge in [-0.1, -0.05) is 111 Å². The van der Waals surface area contributed by atoms with Gasteiger partial charge in [-0.2, -0.15) is 0 Å². The minimum atomic E-state index is -0.100. The topological polar surface area (TPSA) is 12.9 Å². The highest BCUT2D eigenvalue weighted by Gasteiger charge is 2.27. The van der Waals surface area contributed by atoms with Crippen molar-refractivity contribution in [1.29, 1.82) is 0 Å². The largest absolute Gasteiger partial charge is 0.256 e. The second kappa shape index (κ2) is 10.2. The summed E-state index contributed by atoms with van der Waals surface area (Å²) >= 11 is 0. The molecule has 0 atom stereocenters. The van der Waals surface area contributed by atoms with Crippen molar-refractivity contribution >= 4 is 10.8 Å². The van der Waals surface area contributed by atoms with Crippen LogP contribution in [-0.2, 0) is 5.41 Å². The van der Waals surface area contributed by atoms with Crippen LogP contribution in [0.4, 0.5) is 0 Å². The first-order valence-corrected chi connectivity index (χ1v) is 14.1. The van der Waals surface area contributed by atoms with Crippen LogP contribution in [0.5, 0.6) is 0 Å². The Bertz CT molecular complexity index is 1850. The van der Waals surface area contributed by atoms with Crippen LogP contribution < -0.4 is 0 Å². The lowest BCUT2D eigenvalue weighted by molar-refractivity contribution is 0.631. The van der Waals surface area contributed by atoms with E-state index in [1.165, 1.54) is 60.8 Å². The van der Waals surface area contributed by atoms with Crippen molar-refractivity contribution in [2.75, 3.05) is 0 Å². The maximum absolute atomic E-state index is 4.77. The average Bonchev–Trinajstić information content (AvgIpc) is 2.97. The standard InChI is InChI=1S/C39H35N/c1-26-20-21-31(30-14-10-15-32(24-30)38-34-16-8-7-13-29(34)22-23-40-38)25-35(26)33-17-11-19-37(28(33)3)39(4,5)36-18-9-6-12-27(36)2/h6-25H,1-5H3. The summed E-state index contributed by atoms with van der Waals surface area (Å²) in [5.74, 6) is 0. The van der Waals surface area contributed by atoms with Gasteiger partial charge in [0.25, 0.3) is 0 Å². The Morgan fingerprint density at radius 1 is 0.525 bits per heavy atom. The zero-order valence-electron chi connectivity index (χ0n) is 24.0. The summed E-state index contributed by atoms with van der Waals surface area (Å²) < 4.78 is 0. The number of rotatable bonds is 5. The Balaban J connectivity index is 1.44. The predicted octanol–water partition coefficient (Wildman–Crippen LogP) is 10.5. The highest BCUT2D eigenvalue weighted by atomic mass is 14.7. The molecule has 0 bridgehead atoms. The molecule has 0 aliphatic carbocycles. The van der Waals surface area contributed by atoms with Gasteiger partial charge in [-0.3, -0.25) is 4.98 Å². The van der Waals surface area contributed by atoms with Crippen molar-refractivity contribution in [3.05, 3.63) is 149 Å². The monoisotopic (exact) mass is 517 g/mol. The fraction of sp³-hybridized carbons (Fsp3) is 0.154. The number of hydrogen-bond donors (Lipinski definition) is 0. The van der Waals surface area contributed by atoms with E-state index >= 15 is 0 Å². The minimum absolute atomic E-state index is 0.100. The summed E-state index contributed by atoms with van der Waals surface area (Å²) in [6, 6.07) is 41.7. The lowest BCUT2D eigenvalue weighted by Gasteiger charge is -2.30. The fourth-order valence-electron chi connectivity index (χ4n) is 6.31. The third-order valence-corrected chi connectivity index (χ3v) is 8.50. The Hall–Kier alpha value is -4.49. The second-order valence-corrected chi connectivity index (χ2v) is 11.4. The van der Waals surface area contributed by atoms with E-state index in [1.807, 2.05) is 6.20 Å². The third-order valence-electron chi connectivity index (χ3n) is 8.50. The normalized spacial score (nSPS) is 11.6. The molecule has 0 aliphatic heterocycles. The van der Waals surface area contributed by atoms with Gasteiger partial charge >= 0.3 is 0 Å². The van der Waals surface area contributed by atoms with E-state index in [0.29, 0.717) is 0 Å². The van der Waals surface area contributed by atoms with E-state index in [1.54, 1.807) is 0 Å². The van der Waals surface area contributed by atoms with E-state index in [-0.39, 0.29) is 5.41 Å². The average molecular weight is 518 g/mol. The first-order chi connectivity index (χ1) is 19.3. The van der Waals surface area contributed by atoms with Crippen molar-refractivity contribution < 1.29 is 0 Å². The Morgan fingerprint density at radius 2 is 1.23 bits per heavy atom. The number of fused-ring (bicyclic) bond motifs is 1. The highest BCUT2D eigenvalue weighted by Crippen LogP contribution is 2.40. The molecule has 0 saturated carbocycles. The predicted molar refractivity (Wildman–Crippen MR) is 171 cm³/mol. The van der Waals surface area contributed by atoms with Crippen LogP contribution in [0.3, 0.4) is 0 Å². The second-order valence-electron chi connectivity index (χ2n) is 11.4. The smallest absolute Gasteiger partial charge is 0.0780 e. The molecule has 1 nitrogen and oxygen atoms in total. The molecule has 0 fully saturated rings. The molecule has 0 radical (unpaired) electrons. The molecule has 40 heavy (non-hydrogen) atoms. The van der Waals surface area contributed by atoms with Gasteiger partial charge in [0, 0.05) is 22.6 Å². The lowest BCUT2D eigenvalue weighted by Crippen LogP contribution is -2.21. The quantitative estimate of drug-likeness (QED) is 0.222. The summed E-state index contributed by atoms with van der Waals surface area (Å²) in [6.45, 7) is 11.4. The Morgan fingerprint density at radius 3 is 2.08 bits per heavy atom. The molecular weight excluding hydrogens is 482 g/mol. The Kier molecular flexibility index (Phi) is 6.60. The van der Waals surface area contributed by atoms with Crippen LogP contribution in [0.15, 0.2) is 121 Å². The molecule has 6 rings (SSSR count).